The maximum atomic E-state index is 13.5. The van der Waals surface area contributed by atoms with Crippen molar-refractivity contribution in [1.29, 1.82) is 0 Å². The number of nitrogens with one attached hydrogen (secondary N) is 2. The van der Waals surface area contributed by atoms with Crippen LogP contribution in [0.15, 0.2) is 18.2 Å². The van der Waals surface area contributed by atoms with Crippen LogP contribution in [0.1, 0.15) is 32.4 Å². The van der Waals surface area contributed by atoms with Crippen LogP contribution in [0.3, 0.4) is 0 Å². The van der Waals surface area contributed by atoms with Gasteiger partial charge in [-0.15, -0.1) is 0 Å². The number of amides is 1. The first-order valence-corrected chi connectivity index (χ1v) is 5.91. The molecule has 100 valence electrons. The highest BCUT2D eigenvalue weighted by molar-refractivity contribution is 5.78. The maximum Gasteiger partial charge on any atom is 0.234 e. The van der Waals surface area contributed by atoms with Crippen LogP contribution in [0.25, 0.3) is 0 Å². The van der Waals surface area contributed by atoms with E-state index in [1.54, 1.807) is 6.92 Å². The summed E-state index contributed by atoms with van der Waals surface area (Å²) in [7, 11) is 0. The van der Waals surface area contributed by atoms with Gasteiger partial charge in [0.2, 0.25) is 5.91 Å². The van der Waals surface area contributed by atoms with E-state index in [2.05, 4.69) is 10.6 Å². The first-order chi connectivity index (χ1) is 8.40. The highest BCUT2D eigenvalue weighted by Gasteiger charge is 2.12. The summed E-state index contributed by atoms with van der Waals surface area (Å²) in [6.45, 7) is 5.64. The lowest BCUT2D eigenvalue weighted by Crippen LogP contribution is -2.38. The van der Waals surface area contributed by atoms with E-state index in [0.717, 1.165) is 6.07 Å². The largest absolute Gasteiger partial charge is 0.508 e. The number of carbonyl (C=O) groups is 1. The van der Waals surface area contributed by atoms with Crippen LogP contribution in [0.2, 0.25) is 0 Å². The van der Waals surface area contributed by atoms with Gasteiger partial charge in [-0.3, -0.25) is 4.79 Å². The highest BCUT2D eigenvalue weighted by Crippen LogP contribution is 2.20. The summed E-state index contributed by atoms with van der Waals surface area (Å²) in [5.74, 6) is -0.726. The minimum atomic E-state index is -0.487. The number of halogens is 1. The van der Waals surface area contributed by atoms with Crippen LogP contribution in [0.5, 0.6) is 5.75 Å². The van der Waals surface area contributed by atoms with Crippen molar-refractivity contribution in [3.63, 3.8) is 0 Å². The van der Waals surface area contributed by atoms with E-state index in [1.165, 1.54) is 12.1 Å². The fourth-order valence-electron chi connectivity index (χ4n) is 1.60. The number of benzene rings is 1. The minimum Gasteiger partial charge on any atom is -0.508 e. The molecule has 0 radical (unpaired) electrons. The number of phenolic OH excluding ortho intramolecular Hbond substituents is 1. The van der Waals surface area contributed by atoms with Gasteiger partial charge in [0.05, 0.1) is 6.54 Å². The Kier molecular flexibility index (Phi) is 5.09. The molecule has 0 heterocycles. The third-order valence-corrected chi connectivity index (χ3v) is 2.47. The molecule has 0 fully saturated rings. The van der Waals surface area contributed by atoms with Crippen molar-refractivity contribution in [2.24, 2.45) is 0 Å². The number of rotatable bonds is 5. The second-order valence-electron chi connectivity index (χ2n) is 4.53. The monoisotopic (exact) mass is 254 g/mol. The fraction of sp³-hybridized carbons (Fsp3) is 0.462. The maximum absolute atomic E-state index is 13.5. The summed E-state index contributed by atoms with van der Waals surface area (Å²) in [5, 5.41) is 14.8. The van der Waals surface area contributed by atoms with E-state index >= 15 is 0 Å². The molecule has 1 aromatic rings. The summed E-state index contributed by atoms with van der Waals surface area (Å²) in [6.07, 6.45) is 0. The summed E-state index contributed by atoms with van der Waals surface area (Å²) < 4.78 is 13.5. The number of carbonyl (C=O) groups excluding carboxylic acids is 1. The Hall–Kier alpha value is -1.62. The Morgan fingerprint density at radius 2 is 2.06 bits per heavy atom. The van der Waals surface area contributed by atoms with Crippen LogP contribution >= 0.6 is 0 Å². The molecule has 0 aliphatic heterocycles. The molecule has 0 aromatic heterocycles. The lowest BCUT2D eigenvalue weighted by atomic mass is 10.1. The molecular weight excluding hydrogens is 235 g/mol. The molecule has 0 spiro atoms. The molecule has 0 saturated carbocycles. The number of phenols is 1. The molecule has 1 rings (SSSR count). The molecule has 3 N–H and O–H groups in total. The van der Waals surface area contributed by atoms with Gasteiger partial charge in [0.15, 0.2) is 0 Å². The van der Waals surface area contributed by atoms with Crippen molar-refractivity contribution in [1.82, 2.24) is 10.6 Å². The van der Waals surface area contributed by atoms with Gasteiger partial charge in [-0.05, 0) is 26.8 Å². The second-order valence-corrected chi connectivity index (χ2v) is 4.53. The Balaban J connectivity index is 2.55. The van der Waals surface area contributed by atoms with Gasteiger partial charge in [-0.1, -0.05) is 6.07 Å². The van der Waals surface area contributed by atoms with Crippen molar-refractivity contribution in [2.75, 3.05) is 6.54 Å². The van der Waals surface area contributed by atoms with Gasteiger partial charge in [-0.2, -0.15) is 0 Å². The van der Waals surface area contributed by atoms with E-state index < -0.39 is 5.82 Å². The topological polar surface area (TPSA) is 61.4 Å². The molecule has 0 aliphatic carbocycles. The normalized spacial score (nSPS) is 12.5. The molecule has 5 heteroatoms. The lowest BCUT2D eigenvalue weighted by molar-refractivity contribution is -0.120. The fourth-order valence-corrected chi connectivity index (χ4v) is 1.60. The van der Waals surface area contributed by atoms with E-state index in [9.17, 15) is 9.18 Å². The molecule has 18 heavy (non-hydrogen) atoms. The zero-order chi connectivity index (χ0) is 13.7. The van der Waals surface area contributed by atoms with Gasteiger partial charge < -0.3 is 15.7 Å². The predicted octanol–water partition coefficient (Wildman–Crippen LogP) is 1.71. The average Bonchev–Trinajstić information content (AvgIpc) is 2.25. The highest BCUT2D eigenvalue weighted by atomic mass is 19.1. The van der Waals surface area contributed by atoms with E-state index in [-0.39, 0.29) is 30.3 Å². The van der Waals surface area contributed by atoms with Gasteiger partial charge in [-0.25, -0.2) is 4.39 Å². The smallest absolute Gasteiger partial charge is 0.234 e. The standard InChI is InChI=1S/C13H19FN2O2/c1-8(2)16-13(18)7-15-9(3)11-5-4-10(17)6-12(11)14/h4-6,8-9,15,17H,7H2,1-3H3,(H,16,18). The number of aromatic hydroxyl groups is 1. The Bertz CT molecular complexity index is 421. The summed E-state index contributed by atoms with van der Waals surface area (Å²) in [6, 6.07) is 3.76. The Labute approximate surface area is 106 Å². The Morgan fingerprint density at radius 3 is 2.61 bits per heavy atom. The average molecular weight is 254 g/mol. The van der Waals surface area contributed by atoms with Crippen LogP contribution in [-0.2, 0) is 4.79 Å². The summed E-state index contributed by atoms with van der Waals surface area (Å²) >= 11 is 0. The third-order valence-electron chi connectivity index (χ3n) is 2.47. The minimum absolute atomic E-state index is 0.0833. The zero-order valence-electron chi connectivity index (χ0n) is 10.8. The summed E-state index contributed by atoms with van der Waals surface area (Å²) in [4.78, 5) is 11.4. The molecule has 0 aliphatic rings. The van der Waals surface area contributed by atoms with Gasteiger partial charge in [0.1, 0.15) is 11.6 Å². The van der Waals surface area contributed by atoms with Crippen molar-refractivity contribution in [3.8, 4) is 5.75 Å². The van der Waals surface area contributed by atoms with Crippen LogP contribution < -0.4 is 10.6 Å². The van der Waals surface area contributed by atoms with Crippen molar-refractivity contribution < 1.29 is 14.3 Å². The molecule has 1 atom stereocenters. The summed E-state index contributed by atoms with van der Waals surface area (Å²) in [5.41, 5.74) is 0.421. The second kappa shape index (κ2) is 6.35. The van der Waals surface area contributed by atoms with Crippen molar-refractivity contribution in [3.05, 3.63) is 29.6 Å². The van der Waals surface area contributed by atoms with Gasteiger partial charge >= 0.3 is 0 Å². The molecular formula is C13H19FN2O2. The van der Waals surface area contributed by atoms with E-state index in [0.29, 0.717) is 5.56 Å². The molecule has 0 saturated heterocycles. The molecule has 1 amide bonds. The first-order valence-electron chi connectivity index (χ1n) is 5.91. The molecule has 0 bridgehead atoms. The van der Waals surface area contributed by atoms with E-state index in [1.807, 2.05) is 13.8 Å². The Morgan fingerprint density at radius 1 is 1.39 bits per heavy atom. The van der Waals surface area contributed by atoms with Crippen LogP contribution in [-0.4, -0.2) is 23.6 Å². The SMILES string of the molecule is CC(C)NC(=O)CNC(C)c1ccc(O)cc1F. The van der Waals surface area contributed by atoms with Crippen LogP contribution in [0.4, 0.5) is 4.39 Å². The third kappa shape index (κ3) is 4.33. The van der Waals surface area contributed by atoms with Gasteiger partial charge in [0, 0.05) is 23.7 Å². The quantitative estimate of drug-likeness (QED) is 0.749. The predicted molar refractivity (Wildman–Crippen MR) is 67.8 cm³/mol. The van der Waals surface area contributed by atoms with Crippen LogP contribution in [0, 0.1) is 5.82 Å². The van der Waals surface area contributed by atoms with E-state index in [4.69, 9.17) is 5.11 Å². The lowest BCUT2D eigenvalue weighted by Gasteiger charge is -2.16. The first kappa shape index (κ1) is 14.4. The molecule has 1 aromatic carbocycles. The number of hydrogen-bond acceptors (Lipinski definition) is 3. The van der Waals surface area contributed by atoms with Crippen molar-refractivity contribution in [2.45, 2.75) is 32.9 Å². The number of hydrogen-bond donors (Lipinski definition) is 3. The molecule has 4 nitrogen and oxygen atoms in total. The van der Waals surface area contributed by atoms with Crippen molar-refractivity contribution >= 4 is 5.91 Å². The van der Waals surface area contributed by atoms with Gasteiger partial charge in [0.25, 0.3) is 0 Å². The zero-order valence-corrected chi connectivity index (χ0v) is 10.8. The molecule has 1 unspecified atom stereocenters.